The second-order valence-corrected chi connectivity index (χ2v) is 4.45. The number of carbonyl (C=O) groups excluding carboxylic acids is 1. The largest absolute Gasteiger partial charge is 0.464 e. The second-order valence-electron chi connectivity index (χ2n) is 3.54. The van der Waals surface area contributed by atoms with E-state index in [2.05, 4.69) is 25.8 Å². The van der Waals surface area contributed by atoms with Gasteiger partial charge in [0.1, 0.15) is 0 Å². The molecule has 0 amide bonds. The molecule has 0 saturated carbocycles. The van der Waals surface area contributed by atoms with Gasteiger partial charge in [0.05, 0.1) is 12.8 Å². The number of hydrogen-bond acceptors (Lipinski definition) is 3. The van der Waals surface area contributed by atoms with Gasteiger partial charge in [0, 0.05) is 11.5 Å². The van der Waals surface area contributed by atoms with Crippen molar-refractivity contribution in [2.75, 3.05) is 7.11 Å². The van der Waals surface area contributed by atoms with Gasteiger partial charge in [0.2, 0.25) is 0 Å². The second kappa shape index (κ2) is 4.71. The normalized spacial score (nSPS) is 10.3. The maximum atomic E-state index is 11.4. The van der Waals surface area contributed by atoms with E-state index in [0.29, 0.717) is 5.69 Å². The summed E-state index contributed by atoms with van der Waals surface area (Å²) in [6.45, 7) is 0. The number of halogens is 1. The zero-order chi connectivity index (χ0) is 12.4. The van der Waals surface area contributed by atoms with Crippen molar-refractivity contribution in [3.05, 3.63) is 40.5 Å². The number of methoxy groups -OCH3 is 1. The monoisotopic (exact) mass is 294 g/mol. The van der Waals surface area contributed by atoms with Crippen LogP contribution in [0, 0.1) is 0 Å². The molecule has 0 aliphatic carbocycles. The molecule has 1 heterocycles. The van der Waals surface area contributed by atoms with E-state index in [4.69, 9.17) is 0 Å². The maximum absolute atomic E-state index is 11.4. The van der Waals surface area contributed by atoms with E-state index in [1.54, 1.807) is 17.8 Å². The fraction of sp³-hybridized carbons (Fsp3) is 0.167. The van der Waals surface area contributed by atoms with E-state index < -0.39 is 5.97 Å². The molecule has 1 aromatic carbocycles. The number of benzene rings is 1. The lowest BCUT2D eigenvalue weighted by Crippen LogP contribution is -2.02. The molecule has 88 valence electrons. The fourth-order valence-corrected chi connectivity index (χ4v) is 1.83. The Labute approximate surface area is 107 Å². The van der Waals surface area contributed by atoms with Crippen molar-refractivity contribution in [1.82, 2.24) is 9.78 Å². The van der Waals surface area contributed by atoms with Crippen LogP contribution in [0.25, 0.3) is 11.3 Å². The number of carbonyl (C=O) groups is 1. The van der Waals surface area contributed by atoms with E-state index >= 15 is 0 Å². The lowest BCUT2D eigenvalue weighted by atomic mass is 10.1. The van der Waals surface area contributed by atoms with Gasteiger partial charge in [-0.05, 0) is 23.8 Å². The molecule has 5 heteroatoms. The Morgan fingerprint density at radius 1 is 1.35 bits per heavy atom. The highest BCUT2D eigenvalue weighted by atomic mass is 79.9. The van der Waals surface area contributed by atoms with Crippen molar-refractivity contribution in [1.29, 1.82) is 0 Å². The molecule has 0 N–H and O–H groups in total. The quantitative estimate of drug-likeness (QED) is 0.800. The van der Waals surface area contributed by atoms with Crippen LogP contribution in [0.1, 0.15) is 10.5 Å². The maximum Gasteiger partial charge on any atom is 0.358 e. The summed E-state index contributed by atoms with van der Waals surface area (Å²) in [6.07, 6.45) is 0. The van der Waals surface area contributed by atoms with Gasteiger partial charge in [0.15, 0.2) is 5.69 Å². The molecular formula is C12H11BrN2O2. The Kier molecular flexibility index (Phi) is 3.28. The molecule has 0 unspecified atom stereocenters. The summed E-state index contributed by atoms with van der Waals surface area (Å²) >= 11 is 3.38. The highest BCUT2D eigenvalue weighted by Crippen LogP contribution is 2.22. The molecule has 0 aliphatic rings. The summed E-state index contributed by atoms with van der Waals surface area (Å²) in [4.78, 5) is 11.4. The van der Waals surface area contributed by atoms with E-state index in [0.717, 1.165) is 15.7 Å². The van der Waals surface area contributed by atoms with Gasteiger partial charge in [0.25, 0.3) is 0 Å². The van der Waals surface area contributed by atoms with Gasteiger partial charge in [-0.25, -0.2) is 4.79 Å². The van der Waals surface area contributed by atoms with Gasteiger partial charge < -0.3 is 4.74 Å². The topological polar surface area (TPSA) is 44.1 Å². The van der Waals surface area contributed by atoms with Gasteiger partial charge in [-0.15, -0.1) is 0 Å². The number of nitrogens with zero attached hydrogens (tertiary/aromatic N) is 2. The van der Waals surface area contributed by atoms with E-state index in [-0.39, 0.29) is 0 Å². The molecule has 0 bridgehead atoms. The third kappa shape index (κ3) is 2.39. The SMILES string of the molecule is COC(=O)c1cc(-c2ccc(Br)cc2)n(C)n1. The molecule has 2 rings (SSSR count). The van der Waals surface area contributed by atoms with Crippen LogP contribution in [-0.4, -0.2) is 22.9 Å². The summed E-state index contributed by atoms with van der Waals surface area (Å²) in [7, 11) is 3.14. The third-order valence-corrected chi connectivity index (χ3v) is 2.94. The third-order valence-electron chi connectivity index (χ3n) is 2.41. The van der Waals surface area contributed by atoms with Crippen LogP contribution < -0.4 is 0 Å². The lowest BCUT2D eigenvalue weighted by molar-refractivity contribution is 0.0593. The first kappa shape index (κ1) is 11.9. The van der Waals surface area contributed by atoms with Crippen molar-refractivity contribution >= 4 is 21.9 Å². The van der Waals surface area contributed by atoms with Crippen molar-refractivity contribution in [2.24, 2.45) is 7.05 Å². The first-order valence-corrected chi connectivity index (χ1v) is 5.79. The van der Waals surface area contributed by atoms with Crippen LogP contribution in [-0.2, 0) is 11.8 Å². The average molecular weight is 295 g/mol. The number of rotatable bonds is 2. The molecule has 0 saturated heterocycles. The summed E-state index contributed by atoms with van der Waals surface area (Å²) in [5, 5.41) is 4.11. The Morgan fingerprint density at radius 2 is 2.00 bits per heavy atom. The first-order chi connectivity index (χ1) is 8.11. The van der Waals surface area contributed by atoms with Crippen molar-refractivity contribution < 1.29 is 9.53 Å². The number of esters is 1. The molecule has 0 atom stereocenters. The fourth-order valence-electron chi connectivity index (χ4n) is 1.56. The van der Waals surface area contributed by atoms with E-state index in [1.165, 1.54) is 7.11 Å². The van der Waals surface area contributed by atoms with Gasteiger partial charge in [-0.1, -0.05) is 28.1 Å². The summed E-state index contributed by atoms with van der Waals surface area (Å²) < 4.78 is 7.31. The molecular weight excluding hydrogens is 284 g/mol. The average Bonchev–Trinajstić information content (AvgIpc) is 2.71. The minimum absolute atomic E-state index is 0.313. The Balaban J connectivity index is 2.42. The molecule has 1 aromatic heterocycles. The summed E-state index contributed by atoms with van der Waals surface area (Å²) in [6, 6.07) is 9.53. The standard InChI is InChI=1S/C12H11BrN2O2/c1-15-11(7-10(14-15)12(16)17-2)8-3-5-9(13)6-4-8/h3-7H,1-2H3. The van der Waals surface area contributed by atoms with E-state index in [9.17, 15) is 4.79 Å². The van der Waals surface area contributed by atoms with Crippen LogP contribution in [0.5, 0.6) is 0 Å². The molecule has 17 heavy (non-hydrogen) atoms. The molecule has 0 spiro atoms. The van der Waals surface area contributed by atoms with Crippen LogP contribution in [0.15, 0.2) is 34.8 Å². The number of hydrogen-bond donors (Lipinski definition) is 0. The Morgan fingerprint density at radius 3 is 2.59 bits per heavy atom. The van der Waals surface area contributed by atoms with E-state index in [1.807, 2.05) is 24.3 Å². The van der Waals surface area contributed by atoms with Crippen molar-refractivity contribution in [3.63, 3.8) is 0 Å². The molecule has 0 aliphatic heterocycles. The predicted octanol–water partition coefficient (Wildman–Crippen LogP) is 2.64. The molecule has 4 nitrogen and oxygen atoms in total. The predicted molar refractivity (Wildman–Crippen MR) is 67.7 cm³/mol. The van der Waals surface area contributed by atoms with Gasteiger partial charge in [-0.3, -0.25) is 4.68 Å². The Hall–Kier alpha value is -1.62. The van der Waals surface area contributed by atoms with Crippen LogP contribution in [0.2, 0.25) is 0 Å². The van der Waals surface area contributed by atoms with Gasteiger partial charge in [-0.2, -0.15) is 5.10 Å². The number of aromatic nitrogens is 2. The van der Waals surface area contributed by atoms with Gasteiger partial charge >= 0.3 is 5.97 Å². The van der Waals surface area contributed by atoms with Crippen molar-refractivity contribution in [3.8, 4) is 11.3 Å². The zero-order valence-electron chi connectivity index (χ0n) is 9.48. The Bertz CT molecular complexity index is 546. The molecule has 0 radical (unpaired) electrons. The van der Waals surface area contributed by atoms with Crippen LogP contribution >= 0.6 is 15.9 Å². The zero-order valence-corrected chi connectivity index (χ0v) is 11.1. The lowest BCUT2D eigenvalue weighted by Gasteiger charge is -2.01. The van der Waals surface area contributed by atoms with Crippen molar-refractivity contribution in [2.45, 2.75) is 0 Å². The molecule has 0 fully saturated rings. The van der Waals surface area contributed by atoms with Crippen LogP contribution in [0.3, 0.4) is 0 Å². The first-order valence-electron chi connectivity index (χ1n) is 5.00. The molecule has 2 aromatic rings. The van der Waals surface area contributed by atoms with Crippen LogP contribution in [0.4, 0.5) is 0 Å². The highest BCUT2D eigenvalue weighted by Gasteiger charge is 2.13. The highest BCUT2D eigenvalue weighted by molar-refractivity contribution is 9.10. The minimum atomic E-state index is -0.427. The summed E-state index contributed by atoms with van der Waals surface area (Å²) in [5.74, 6) is -0.427. The number of ether oxygens (including phenoxy) is 1. The number of aryl methyl sites for hydroxylation is 1. The smallest absolute Gasteiger partial charge is 0.358 e. The minimum Gasteiger partial charge on any atom is -0.464 e. The summed E-state index contributed by atoms with van der Waals surface area (Å²) in [5.41, 5.74) is 2.18.